The maximum atomic E-state index is 14.2. The molecule has 2 aromatic heterocycles. The van der Waals surface area contributed by atoms with Crippen molar-refractivity contribution in [1.82, 2.24) is 29.9 Å². The molecule has 1 aliphatic heterocycles. The Morgan fingerprint density at radius 2 is 1.76 bits per heavy atom. The third kappa shape index (κ3) is 10.1. The summed E-state index contributed by atoms with van der Waals surface area (Å²) in [6, 6.07) is 5.11. The van der Waals surface area contributed by atoms with E-state index in [0.717, 1.165) is 43.1 Å². The minimum atomic E-state index is -0.318. The average Bonchev–Trinajstić information content (AvgIpc) is 3.33. The quantitative estimate of drug-likeness (QED) is 0.409. The lowest BCUT2D eigenvalue weighted by molar-refractivity contribution is -0.138. The lowest BCUT2D eigenvalue weighted by Gasteiger charge is -2.26. The van der Waals surface area contributed by atoms with Crippen molar-refractivity contribution in [2.24, 2.45) is 5.41 Å². The Morgan fingerprint density at radius 1 is 1.07 bits per heavy atom. The molecule has 1 unspecified atom stereocenters. The Bertz CT molecular complexity index is 1290. The maximum absolute atomic E-state index is 14.2. The van der Waals surface area contributed by atoms with Crippen molar-refractivity contribution in [3.05, 3.63) is 52.7 Å². The largest absolute Gasteiger partial charge is 0.462 e. The first kappa shape index (κ1) is 33.6. The summed E-state index contributed by atoms with van der Waals surface area (Å²) in [6.07, 6.45) is 1.72. The first-order chi connectivity index (χ1) is 19.1. The smallest absolute Gasteiger partial charge is 0.293 e. The van der Waals surface area contributed by atoms with Crippen molar-refractivity contribution in [2.45, 2.75) is 93.5 Å². The molecule has 1 aliphatic rings. The van der Waals surface area contributed by atoms with Crippen molar-refractivity contribution in [3.8, 4) is 11.4 Å². The van der Waals surface area contributed by atoms with Gasteiger partial charge in [-0.1, -0.05) is 32.0 Å². The van der Waals surface area contributed by atoms with Crippen molar-refractivity contribution in [3.63, 3.8) is 0 Å². The second-order valence-electron chi connectivity index (χ2n) is 12.3. The van der Waals surface area contributed by atoms with Crippen molar-refractivity contribution in [1.29, 1.82) is 0 Å². The highest BCUT2D eigenvalue weighted by Gasteiger charge is 2.30. The Kier molecular flexibility index (Phi) is 11.8. The van der Waals surface area contributed by atoms with Gasteiger partial charge in [-0.2, -0.15) is 4.98 Å². The molecule has 0 saturated heterocycles. The predicted molar refractivity (Wildman–Crippen MR) is 155 cm³/mol. The minimum Gasteiger partial charge on any atom is -0.462 e. The van der Waals surface area contributed by atoms with Gasteiger partial charge in [-0.3, -0.25) is 9.59 Å². The molecule has 4 rings (SSSR count). The summed E-state index contributed by atoms with van der Waals surface area (Å²) in [5.74, 6) is 1.60. The van der Waals surface area contributed by atoms with Gasteiger partial charge in [0.1, 0.15) is 23.3 Å². The van der Waals surface area contributed by atoms with Gasteiger partial charge >= 0.3 is 0 Å². The Hall–Kier alpha value is -3.60. The first-order valence-electron chi connectivity index (χ1n) is 13.7. The summed E-state index contributed by atoms with van der Waals surface area (Å²) in [7, 11) is 2.12. The standard InChI is InChI=1S/C16H20FN3.C9H15N3O2.C5H10O2/c1-11-5-6-13(14(17)9-11)16-18-12(2)15-10-19(3)7-4-8-20(15)16;1-6-11-8(14-12-6)7(10-5-13)9(2,3)4;1-5(2,3)7-4-6/h5-6,9H,4,7-8,10H2,1-3H3;5,7H,1-4H3,(H,10,13);4H,1-3H3. The number of aromatic nitrogens is 4. The van der Waals surface area contributed by atoms with Crippen LogP contribution in [0.1, 0.15) is 82.7 Å². The van der Waals surface area contributed by atoms with Crippen LogP contribution in [-0.4, -0.2) is 56.7 Å². The number of carbonyl (C=O) groups excluding carboxylic acids is 2. The first-order valence-corrected chi connectivity index (χ1v) is 13.7. The maximum Gasteiger partial charge on any atom is 0.293 e. The number of amides is 1. The second-order valence-corrected chi connectivity index (χ2v) is 12.3. The van der Waals surface area contributed by atoms with Gasteiger partial charge in [-0.25, -0.2) is 9.37 Å². The number of fused-ring (bicyclic) bond motifs is 1. The minimum absolute atomic E-state index is 0.153. The summed E-state index contributed by atoms with van der Waals surface area (Å²) >= 11 is 0. The molecule has 1 amide bonds. The number of aryl methyl sites for hydroxylation is 3. The fourth-order valence-electron chi connectivity index (χ4n) is 4.22. The van der Waals surface area contributed by atoms with Gasteiger partial charge in [0.15, 0.2) is 5.82 Å². The van der Waals surface area contributed by atoms with Crippen LogP contribution in [0.25, 0.3) is 11.4 Å². The SMILES string of the molecule is CC(C)(C)OC=O.Cc1ccc(-c2nc(C)c3n2CCCN(C)C3)c(F)c1.Cc1noc(C(NC=O)C(C)(C)C)n1. The van der Waals surface area contributed by atoms with E-state index in [1.165, 1.54) is 5.69 Å². The van der Waals surface area contributed by atoms with E-state index < -0.39 is 0 Å². The van der Waals surface area contributed by atoms with Gasteiger partial charge in [-0.05, 0) is 84.7 Å². The Labute approximate surface area is 242 Å². The molecule has 226 valence electrons. The van der Waals surface area contributed by atoms with E-state index in [1.807, 2.05) is 67.5 Å². The molecule has 3 aromatic rings. The van der Waals surface area contributed by atoms with Crippen LogP contribution in [0, 0.1) is 32.0 Å². The molecule has 1 atom stereocenters. The molecule has 0 bridgehead atoms. The highest BCUT2D eigenvalue weighted by molar-refractivity contribution is 5.58. The van der Waals surface area contributed by atoms with Gasteiger partial charge in [0.2, 0.25) is 12.3 Å². The molecule has 3 heterocycles. The molecule has 10 nitrogen and oxygen atoms in total. The van der Waals surface area contributed by atoms with Gasteiger partial charge in [0.05, 0.1) is 17.0 Å². The summed E-state index contributed by atoms with van der Waals surface area (Å²) in [4.78, 5) is 31.1. The predicted octanol–water partition coefficient (Wildman–Crippen LogP) is 5.31. The highest BCUT2D eigenvalue weighted by Crippen LogP contribution is 2.31. The third-order valence-corrected chi connectivity index (χ3v) is 6.27. The van der Waals surface area contributed by atoms with Gasteiger partial charge < -0.3 is 24.0 Å². The van der Waals surface area contributed by atoms with E-state index in [9.17, 15) is 14.0 Å². The monoisotopic (exact) mass is 572 g/mol. The molecule has 1 aromatic carbocycles. The molecule has 0 fully saturated rings. The number of ether oxygens (including phenoxy) is 1. The van der Waals surface area contributed by atoms with Crippen LogP contribution in [0.5, 0.6) is 0 Å². The second kappa shape index (κ2) is 14.3. The van der Waals surface area contributed by atoms with Crippen LogP contribution in [0.4, 0.5) is 4.39 Å². The molecule has 0 radical (unpaired) electrons. The number of nitrogens with zero attached hydrogens (tertiary/aromatic N) is 5. The summed E-state index contributed by atoms with van der Waals surface area (Å²) in [5.41, 5.74) is 3.29. The topological polar surface area (TPSA) is 115 Å². The number of hydrogen-bond donors (Lipinski definition) is 1. The van der Waals surface area contributed by atoms with Gasteiger partial charge in [0, 0.05) is 13.1 Å². The number of imidazole rings is 1. The van der Waals surface area contributed by atoms with Crippen LogP contribution >= 0.6 is 0 Å². The number of rotatable bonds is 5. The van der Waals surface area contributed by atoms with Crippen LogP contribution in [0.2, 0.25) is 0 Å². The zero-order valence-electron chi connectivity index (χ0n) is 26.0. The molecule has 1 N–H and O–H groups in total. The average molecular weight is 573 g/mol. The molecule has 0 aliphatic carbocycles. The zero-order chi connectivity index (χ0) is 31.0. The van der Waals surface area contributed by atoms with E-state index in [-0.39, 0.29) is 22.9 Å². The molecular formula is C30H45FN6O4. The Morgan fingerprint density at radius 3 is 2.24 bits per heavy atom. The van der Waals surface area contributed by atoms with Crippen LogP contribution in [0.3, 0.4) is 0 Å². The van der Waals surface area contributed by atoms with Crippen molar-refractivity contribution in [2.75, 3.05) is 13.6 Å². The molecule has 11 heteroatoms. The van der Waals surface area contributed by atoms with Crippen LogP contribution in [-0.2, 0) is 27.4 Å². The molecule has 41 heavy (non-hydrogen) atoms. The highest BCUT2D eigenvalue weighted by atomic mass is 19.1. The van der Waals surface area contributed by atoms with E-state index in [0.29, 0.717) is 30.2 Å². The Balaban J connectivity index is 0.000000244. The molecule has 0 spiro atoms. The fourth-order valence-corrected chi connectivity index (χ4v) is 4.22. The van der Waals surface area contributed by atoms with Gasteiger partial charge in [-0.15, -0.1) is 0 Å². The lowest BCUT2D eigenvalue weighted by atomic mass is 9.87. The number of carbonyl (C=O) groups is 2. The zero-order valence-corrected chi connectivity index (χ0v) is 26.0. The summed E-state index contributed by atoms with van der Waals surface area (Å²) < 4.78 is 26.0. The normalized spacial score (nSPS) is 14.3. The van der Waals surface area contributed by atoms with E-state index in [2.05, 4.69) is 41.7 Å². The number of nitrogens with one attached hydrogen (secondary N) is 1. The fraction of sp³-hybridized carbons (Fsp3) is 0.567. The summed E-state index contributed by atoms with van der Waals surface area (Å²) in [6.45, 7) is 20.4. The third-order valence-electron chi connectivity index (χ3n) is 6.27. The van der Waals surface area contributed by atoms with Crippen molar-refractivity contribution < 1.29 is 23.2 Å². The van der Waals surface area contributed by atoms with Crippen LogP contribution < -0.4 is 5.32 Å². The van der Waals surface area contributed by atoms with Gasteiger partial charge in [0.25, 0.3) is 6.47 Å². The van der Waals surface area contributed by atoms with E-state index >= 15 is 0 Å². The lowest BCUT2D eigenvalue weighted by Crippen LogP contribution is -2.31. The van der Waals surface area contributed by atoms with E-state index in [1.54, 1.807) is 13.0 Å². The van der Waals surface area contributed by atoms with Crippen LogP contribution in [0.15, 0.2) is 22.7 Å². The van der Waals surface area contributed by atoms with Crippen molar-refractivity contribution >= 4 is 12.9 Å². The number of hydrogen-bond acceptors (Lipinski definition) is 8. The number of benzene rings is 1. The van der Waals surface area contributed by atoms with E-state index in [4.69, 9.17) is 4.52 Å². The number of halogens is 1. The molecular weight excluding hydrogens is 527 g/mol. The molecule has 0 saturated carbocycles. The summed E-state index contributed by atoms with van der Waals surface area (Å²) in [5, 5.41) is 6.37.